The first-order valence-electron chi connectivity index (χ1n) is 8.06. The van der Waals surface area contributed by atoms with Gasteiger partial charge in [-0.3, -0.25) is 4.79 Å². The molecule has 12 nitrogen and oxygen atoms in total. The number of nitrogens with one attached hydrogen (secondary N) is 1. The van der Waals surface area contributed by atoms with Crippen LogP contribution in [0.1, 0.15) is 6.92 Å². The van der Waals surface area contributed by atoms with E-state index in [1.54, 1.807) is 0 Å². The fraction of sp³-hybridized carbons (Fsp3) is 0.929. The monoisotopic (exact) mass is 383 g/mol. The number of hydrogen-bond acceptors (Lipinski definition) is 11. The molecule has 0 radical (unpaired) electrons. The molecule has 0 bridgehead atoms. The maximum absolute atomic E-state index is 11.3. The summed E-state index contributed by atoms with van der Waals surface area (Å²) in [5.41, 5.74) is 0. The van der Waals surface area contributed by atoms with Crippen molar-refractivity contribution >= 4 is 5.91 Å². The van der Waals surface area contributed by atoms with Gasteiger partial charge in [0.2, 0.25) is 5.91 Å². The summed E-state index contributed by atoms with van der Waals surface area (Å²) in [6.45, 7) is -0.235. The van der Waals surface area contributed by atoms with Gasteiger partial charge in [-0.15, -0.1) is 0 Å². The van der Waals surface area contributed by atoms with Crippen molar-refractivity contribution in [2.75, 3.05) is 13.2 Å². The lowest BCUT2D eigenvalue weighted by Gasteiger charge is -2.43. The minimum absolute atomic E-state index is 0.567. The van der Waals surface area contributed by atoms with E-state index >= 15 is 0 Å². The number of hydrogen-bond donors (Lipinski definition) is 8. The Morgan fingerprint density at radius 2 is 1.77 bits per heavy atom. The Bertz CT molecular complexity index is 480. The highest BCUT2D eigenvalue weighted by atomic mass is 16.7. The van der Waals surface area contributed by atoms with Gasteiger partial charge in [0.05, 0.1) is 13.2 Å². The number of aliphatic hydroxyl groups is 7. The molecule has 2 saturated heterocycles. The lowest BCUT2D eigenvalue weighted by molar-refractivity contribution is -0.296. The lowest BCUT2D eigenvalue weighted by Crippen LogP contribution is -2.65. The molecule has 1 amide bonds. The Labute approximate surface area is 148 Å². The fourth-order valence-corrected chi connectivity index (χ4v) is 3.00. The smallest absolute Gasteiger partial charge is 0.217 e. The Morgan fingerprint density at radius 3 is 2.31 bits per heavy atom. The number of carbonyl (C=O) groups excluding carboxylic acids is 1. The Kier molecular flexibility index (Phi) is 7.27. The first-order chi connectivity index (χ1) is 12.2. The zero-order chi connectivity index (χ0) is 19.6. The summed E-state index contributed by atoms with van der Waals surface area (Å²) in [5, 5.41) is 70.4. The highest BCUT2D eigenvalue weighted by molar-refractivity contribution is 5.73. The predicted octanol–water partition coefficient (Wildman–Crippen LogP) is -5.25. The molecule has 0 saturated carbocycles. The zero-order valence-electron chi connectivity index (χ0n) is 14.0. The molecule has 26 heavy (non-hydrogen) atoms. The van der Waals surface area contributed by atoms with Crippen molar-refractivity contribution < 1.29 is 54.8 Å². The molecule has 10 atom stereocenters. The molecule has 0 spiro atoms. The summed E-state index contributed by atoms with van der Waals surface area (Å²) in [6, 6.07) is -1.26. The molecule has 2 aliphatic heterocycles. The van der Waals surface area contributed by atoms with Crippen molar-refractivity contribution in [1.82, 2.24) is 5.32 Å². The van der Waals surface area contributed by atoms with E-state index in [-0.39, 0.29) is 0 Å². The van der Waals surface area contributed by atoms with Crippen LogP contribution in [0.15, 0.2) is 0 Å². The van der Waals surface area contributed by atoms with Crippen LogP contribution < -0.4 is 5.32 Å². The average Bonchev–Trinajstić information content (AvgIpc) is 2.88. The molecule has 2 aliphatic rings. The molecule has 2 fully saturated rings. The Balaban J connectivity index is 2.17. The largest absolute Gasteiger partial charge is 0.394 e. The first-order valence-corrected chi connectivity index (χ1v) is 8.06. The second-order valence-corrected chi connectivity index (χ2v) is 6.27. The maximum Gasteiger partial charge on any atom is 0.217 e. The summed E-state index contributed by atoms with van der Waals surface area (Å²) < 4.78 is 15.7. The van der Waals surface area contributed by atoms with Crippen LogP contribution in [0.3, 0.4) is 0 Å². The molecule has 2 rings (SSSR count). The minimum Gasteiger partial charge on any atom is -0.394 e. The van der Waals surface area contributed by atoms with Gasteiger partial charge in [0.25, 0.3) is 0 Å². The highest BCUT2D eigenvalue weighted by Gasteiger charge is 2.52. The normalized spacial score (nSPS) is 44.7. The van der Waals surface area contributed by atoms with Crippen LogP contribution in [0.25, 0.3) is 0 Å². The number of rotatable bonds is 6. The molecular formula is C14H25NO11. The Morgan fingerprint density at radius 1 is 1.12 bits per heavy atom. The topological polar surface area (TPSA) is 198 Å². The number of carbonyl (C=O) groups is 1. The maximum atomic E-state index is 11.3. The van der Waals surface area contributed by atoms with Gasteiger partial charge in [-0.25, -0.2) is 0 Å². The van der Waals surface area contributed by atoms with Crippen molar-refractivity contribution in [3.05, 3.63) is 0 Å². The van der Waals surface area contributed by atoms with Crippen molar-refractivity contribution in [2.24, 2.45) is 0 Å². The minimum atomic E-state index is -1.64. The van der Waals surface area contributed by atoms with Crippen LogP contribution >= 0.6 is 0 Å². The molecule has 0 aromatic rings. The van der Waals surface area contributed by atoms with Crippen LogP contribution in [-0.4, -0.2) is 116 Å². The summed E-state index contributed by atoms with van der Waals surface area (Å²) >= 11 is 0. The van der Waals surface area contributed by atoms with Crippen LogP contribution in [0, 0.1) is 0 Å². The number of ether oxygens (including phenoxy) is 3. The molecular weight excluding hydrogens is 358 g/mol. The van der Waals surface area contributed by atoms with Crippen molar-refractivity contribution in [1.29, 1.82) is 0 Å². The third kappa shape index (κ3) is 4.31. The predicted molar refractivity (Wildman–Crippen MR) is 80.2 cm³/mol. The van der Waals surface area contributed by atoms with Crippen molar-refractivity contribution in [2.45, 2.75) is 68.3 Å². The van der Waals surface area contributed by atoms with Crippen molar-refractivity contribution in [3.8, 4) is 0 Å². The van der Waals surface area contributed by atoms with E-state index in [9.17, 15) is 35.4 Å². The van der Waals surface area contributed by atoms with Gasteiger partial charge in [-0.2, -0.15) is 0 Å². The van der Waals surface area contributed by atoms with Crippen molar-refractivity contribution in [3.63, 3.8) is 0 Å². The van der Waals surface area contributed by atoms with E-state index < -0.39 is 80.5 Å². The van der Waals surface area contributed by atoms with Crippen LogP contribution in [0.4, 0.5) is 0 Å². The lowest BCUT2D eigenvalue weighted by atomic mass is 9.96. The molecule has 0 aliphatic carbocycles. The zero-order valence-corrected chi connectivity index (χ0v) is 14.0. The average molecular weight is 383 g/mol. The van der Waals surface area contributed by atoms with E-state index in [1.165, 1.54) is 0 Å². The third-order valence-corrected chi connectivity index (χ3v) is 4.36. The summed E-state index contributed by atoms with van der Waals surface area (Å²) in [7, 11) is 0. The summed E-state index contributed by atoms with van der Waals surface area (Å²) in [4.78, 5) is 11.3. The van der Waals surface area contributed by atoms with Gasteiger partial charge in [-0.1, -0.05) is 0 Å². The quantitative estimate of drug-likeness (QED) is 0.218. The van der Waals surface area contributed by atoms with E-state index in [1.807, 2.05) is 0 Å². The Hall–Kier alpha value is -0.930. The summed E-state index contributed by atoms with van der Waals surface area (Å²) in [6.07, 6.45) is -13.4. The highest BCUT2D eigenvalue weighted by Crippen LogP contribution is 2.30. The van der Waals surface area contributed by atoms with E-state index in [4.69, 9.17) is 19.3 Å². The first kappa shape index (κ1) is 21.4. The van der Waals surface area contributed by atoms with Gasteiger partial charge < -0.3 is 55.3 Å². The standard InChI is InChI=1S/C14H25NO11/c1-4(18)15-7-12(8(20)6(3-17)24-13(7)23)26-14-10(22)9(21)11(25-14)5(19)2-16/h5-14,16-17,19-23H,2-3H2,1H3,(H,15,18)/t5-,6-,7-,8-,9-,10-,11+,12-,13-,14-/m1/s1. The van der Waals surface area contributed by atoms with E-state index in [0.29, 0.717) is 0 Å². The van der Waals surface area contributed by atoms with Crippen LogP contribution in [-0.2, 0) is 19.0 Å². The van der Waals surface area contributed by atoms with Gasteiger partial charge >= 0.3 is 0 Å². The fourth-order valence-electron chi connectivity index (χ4n) is 3.00. The van der Waals surface area contributed by atoms with Gasteiger partial charge in [0, 0.05) is 6.92 Å². The molecule has 0 unspecified atom stereocenters. The molecule has 2 heterocycles. The number of amides is 1. The molecule has 12 heteroatoms. The number of aliphatic hydroxyl groups excluding tert-OH is 7. The molecule has 8 N–H and O–H groups in total. The van der Waals surface area contributed by atoms with Gasteiger partial charge in [0.15, 0.2) is 12.6 Å². The van der Waals surface area contributed by atoms with E-state index in [0.717, 1.165) is 6.92 Å². The van der Waals surface area contributed by atoms with Gasteiger partial charge in [0.1, 0.15) is 48.8 Å². The van der Waals surface area contributed by atoms with Gasteiger partial charge in [-0.05, 0) is 0 Å². The molecule has 0 aromatic heterocycles. The third-order valence-electron chi connectivity index (χ3n) is 4.36. The van der Waals surface area contributed by atoms with Crippen LogP contribution in [0.2, 0.25) is 0 Å². The molecule has 152 valence electrons. The van der Waals surface area contributed by atoms with Crippen LogP contribution in [0.5, 0.6) is 0 Å². The second kappa shape index (κ2) is 8.84. The second-order valence-electron chi connectivity index (χ2n) is 6.27. The van der Waals surface area contributed by atoms with E-state index in [2.05, 4.69) is 5.32 Å². The SMILES string of the molecule is CC(=O)N[C@@H]1[C@@H](O[C@H]2O[C@@H]([C@H](O)CO)[C@H](O)[C@H]2O)[C@H](O)[C@@H](CO)O[C@H]1O. The summed E-state index contributed by atoms with van der Waals surface area (Å²) in [5.74, 6) is -0.567. The molecule has 0 aromatic carbocycles.